The number of ketones is 1. The smallest absolute Gasteiger partial charge is 0.237 e. The Kier molecular flexibility index (Phi) is 9.83. The monoisotopic (exact) mass is 389 g/mol. The molecule has 0 heterocycles. The molecule has 0 aliphatic carbocycles. The van der Waals surface area contributed by atoms with Crippen LogP contribution < -0.4 is 16.8 Å². The van der Waals surface area contributed by atoms with Gasteiger partial charge in [0.1, 0.15) is 0 Å². The average molecular weight is 390 g/mol. The van der Waals surface area contributed by atoms with Gasteiger partial charge in [-0.2, -0.15) is 0 Å². The van der Waals surface area contributed by atoms with Crippen LogP contribution in [0.4, 0.5) is 0 Å². The van der Waals surface area contributed by atoms with E-state index in [9.17, 15) is 9.59 Å². The highest BCUT2D eigenvalue weighted by molar-refractivity contribution is 5.93. The Labute approximate surface area is 170 Å². The van der Waals surface area contributed by atoms with Gasteiger partial charge in [-0.1, -0.05) is 58.9 Å². The maximum Gasteiger partial charge on any atom is 0.237 e. The molecule has 0 bridgehead atoms. The molecule has 2 atom stereocenters. The molecule has 0 radical (unpaired) electrons. The topological polar surface area (TPSA) is 98.2 Å². The maximum absolute atomic E-state index is 12.8. The molecule has 0 aliphatic heterocycles. The number of unbranched alkanes of at least 4 members (excludes halogenated alkanes) is 1. The van der Waals surface area contributed by atoms with E-state index < -0.39 is 17.5 Å². The molecule has 1 rings (SSSR count). The Morgan fingerprint density at radius 3 is 2.11 bits per heavy atom. The minimum absolute atomic E-state index is 0.0327. The largest absolute Gasteiger partial charge is 0.345 e. The first-order valence-corrected chi connectivity index (χ1v) is 10.4. The zero-order valence-electron chi connectivity index (χ0n) is 18.3. The van der Waals surface area contributed by atoms with Crippen LogP contribution in [0.2, 0.25) is 0 Å². The van der Waals surface area contributed by atoms with E-state index in [0.717, 1.165) is 24.8 Å². The van der Waals surface area contributed by atoms with Gasteiger partial charge in [0.25, 0.3) is 0 Å². The first-order chi connectivity index (χ1) is 13.1. The van der Waals surface area contributed by atoms with Crippen molar-refractivity contribution in [2.45, 2.75) is 78.8 Å². The highest BCUT2D eigenvalue weighted by Gasteiger charge is 2.31. The maximum atomic E-state index is 12.8. The van der Waals surface area contributed by atoms with Gasteiger partial charge in [-0.05, 0) is 55.7 Å². The highest BCUT2D eigenvalue weighted by Crippen LogP contribution is 2.20. The normalized spacial score (nSPS) is 14.0. The van der Waals surface area contributed by atoms with Gasteiger partial charge in [0.15, 0.2) is 5.78 Å². The summed E-state index contributed by atoms with van der Waals surface area (Å²) >= 11 is 0. The molecule has 0 saturated carbocycles. The Morgan fingerprint density at radius 2 is 1.61 bits per heavy atom. The molecule has 5 heteroatoms. The molecule has 2 unspecified atom stereocenters. The number of rotatable bonds is 11. The molecule has 0 aliphatic rings. The standard InChI is InChI=1S/C23H39N3O2/c1-16(2)14-17-10-6-7-11-18(17)15-19(25)22(28)26-20(12-8-9-13-24)21(27)23(3,4)5/h6-7,10-11,16,19-20H,8-9,12-15,24-25H2,1-5H3,(H,26,28). The minimum Gasteiger partial charge on any atom is -0.345 e. The van der Waals surface area contributed by atoms with E-state index in [1.165, 1.54) is 5.56 Å². The van der Waals surface area contributed by atoms with Crippen LogP contribution >= 0.6 is 0 Å². The number of Topliss-reactive ketones (excluding diaryl/α,β-unsaturated/α-hetero) is 1. The van der Waals surface area contributed by atoms with Crippen LogP contribution in [0.1, 0.15) is 65.0 Å². The predicted molar refractivity (Wildman–Crippen MR) is 116 cm³/mol. The van der Waals surface area contributed by atoms with E-state index in [0.29, 0.717) is 25.3 Å². The highest BCUT2D eigenvalue weighted by atomic mass is 16.2. The van der Waals surface area contributed by atoms with Crippen molar-refractivity contribution < 1.29 is 9.59 Å². The molecule has 1 amide bonds. The van der Waals surface area contributed by atoms with Crippen LogP contribution in [0.25, 0.3) is 0 Å². The lowest BCUT2D eigenvalue weighted by Crippen LogP contribution is -2.51. The Morgan fingerprint density at radius 1 is 1.04 bits per heavy atom. The molecule has 158 valence electrons. The lowest BCUT2D eigenvalue weighted by molar-refractivity contribution is -0.133. The van der Waals surface area contributed by atoms with Crippen molar-refractivity contribution in [1.29, 1.82) is 0 Å². The van der Waals surface area contributed by atoms with Crippen molar-refractivity contribution in [3.05, 3.63) is 35.4 Å². The molecule has 0 saturated heterocycles. The molecule has 1 aromatic carbocycles. The molecule has 0 aromatic heterocycles. The van der Waals surface area contributed by atoms with Gasteiger partial charge in [0.2, 0.25) is 5.91 Å². The number of carbonyl (C=O) groups is 2. The number of benzene rings is 1. The van der Waals surface area contributed by atoms with E-state index in [1.54, 1.807) is 0 Å². The van der Waals surface area contributed by atoms with Crippen molar-refractivity contribution in [2.75, 3.05) is 6.54 Å². The zero-order valence-corrected chi connectivity index (χ0v) is 18.3. The van der Waals surface area contributed by atoms with Crippen molar-refractivity contribution in [3.63, 3.8) is 0 Å². The van der Waals surface area contributed by atoms with E-state index in [2.05, 4.69) is 25.2 Å². The zero-order chi connectivity index (χ0) is 21.3. The number of carbonyl (C=O) groups excluding carboxylic acids is 2. The molecular weight excluding hydrogens is 350 g/mol. The van der Waals surface area contributed by atoms with Gasteiger partial charge >= 0.3 is 0 Å². The van der Waals surface area contributed by atoms with E-state index in [1.807, 2.05) is 39.0 Å². The second-order valence-electron chi connectivity index (χ2n) is 9.14. The summed E-state index contributed by atoms with van der Waals surface area (Å²) in [5, 5.41) is 2.91. The second kappa shape index (κ2) is 11.3. The number of nitrogens with two attached hydrogens (primary N) is 2. The Hall–Kier alpha value is -1.72. The summed E-state index contributed by atoms with van der Waals surface area (Å²) in [6.07, 6.45) is 3.65. The first kappa shape index (κ1) is 24.3. The number of nitrogens with one attached hydrogen (secondary N) is 1. The fourth-order valence-corrected chi connectivity index (χ4v) is 3.29. The first-order valence-electron chi connectivity index (χ1n) is 10.4. The molecule has 1 aromatic rings. The fraction of sp³-hybridized carbons (Fsp3) is 0.652. The number of hydrogen-bond acceptors (Lipinski definition) is 4. The molecule has 0 spiro atoms. The molecule has 5 N–H and O–H groups in total. The van der Waals surface area contributed by atoms with E-state index in [4.69, 9.17) is 11.5 Å². The lowest BCUT2D eigenvalue weighted by Gasteiger charge is -2.27. The summed E-state index contributed by atoms with van der Waals surface area (Å²) in [5.74, 6) is 0.294. The minimum atomic E-state index is -0.682. The summed E-state index contributed by atoms with van der Waals surface area (Å²) in [7, 11) is 0. The van der Waals surface area contributed by atoms with Crippen LogP contribution in [0, 0.1) is 11.3 Å². The van der Waals surface area contributed by atoms with Gasteiger partial charge in [-0.15, -0.1) is 0 Å². The van der Waals surface area contributed by atoms with Gasteiger partial charge in [-0.25, -0.2) is 0 Å². The summed E-state index contributed by atoms with van der Waals surface area (Å²) in [6, 6.07) is 6.92. The Bertz CT molecular complexity index is 635. The fourth-order valence-electron chi connectivity index (χ4n) is 3.29. The third-order valence-electron chi connectivity index (χ3n) is 4.84. The predicted octanol–water partition coefficient (Wildman–Crippen LogP) is 2.98. The van der Waals surface area contributed by atoms with Gasteiger partial charge in [-0.3, -0.25) is 9.59 Å². The second-order valence-corrected chi connectivity index (χ2v) is 9.14. The van der Waals surface area contributed by atoms with Crippen molar-refractivity contribution in [1.82, 2.24) is 5.32 Å². The van der Waals surface area contributed by atoms with Crippen molar-refractivity contribution >= 4 is 11.7 Å². The average Bonchev–Trinajstić information content (AvgIpc) is 2.60. The summed E-state index contributed by atoms with van der Waals surface area (Å²) in [5.41, 5.74) is 13.6. The van der Waals surface area contributed by atoms with E-state index in [-0.39, 0.29) is 11.7 Å². The summed E-state index contributed by atoms with van der Waals surface area (Å²) < 4.78 is 0. The van der Waals surface area contributed by atoms with Crippen LogP contribution in [-0.2, 0) is 22.4 Å². The molecular formula is C23H39N3O2. The number of hydrogen-bond donors (Lipinski definition) is 3. The van der Waals surface area contributed by atoms with E-state index >= 15 is 0 Å². The number of amides is 1. The van der Waals surface area contributed by atoms with Gasteiger partial charge in [0, 0.05) is 5.41 Å². The lowest BCUT2D eigenvalue weighted by atomic mass is 9.84. The summed E-state index contributed by atoms with van der Waals surface area (Å²) in [6.45, 7) is 10.6. The Balaban J connectivity index is 2.83. The van der Waals surface area contributed by atoms with Crippen molar-refractivity contribution in [3.8, 4) is 0 Å². The van der Waals surface area contributed by atoms with Gasteiger partial charge in [0.05, 0.1) is 12.1 Å². The molecule has 0 fully saturated rings. The van der Waals surface area contributed by atoms with Crippen LogP contribution in [-0.4, -0.2) is 30.3 Å². The third-order valence-corrected chi connectivity index (χ3v) is 4.84. The van der Waals surface area contributed by atoms with Gasteiger partial charge < -0.3 is 16.8 Å². The van der Waals surface area contributed by atoms with Crippen LogP contribution in [0.5, 0.6) is 0 Å². The quantitative estimate of drug-likeness (QED) is 0.507. The summed E-state index contributed by atoms with van der Waals surface area (Å²) in [4.78, 5) is 25.5. The van der Waals surface area contributed by atoms with Crippen LogP contribution in [0.3, 0.4) is 0 Å². The molecule has 5 nitrogen and oxygen atoms in total. The SMILES string of the molecule is CC(C)Cc1ccccc1CC(N)C(=O)NC(CCCCN)C(=O)C(C)(C)C. The third kappa shape index (κ3) is 8.11. The van der Waals surface area contributed by atoms with Crippen LogP contribution in [0.15, 0.2) is 24.3 Å². The molecule has 28 heavy (non-hydrogen) atoms. The van der Waals surface area contributed by atoms with Crippen molar-refractivity contribution in [2.24, 2.45) is 22.8 Å².